The summed E-state index contributed by atoms with van der Waals surface area (Å²) >= 11 is 13.1. The fraction of sp³-hybridized carbons (Fsp3) is 0. The highest BCUT2D eigenvalue weighted by molar-refractivity contribution is 7.21. The van der Waals surface area contributed by atoms with Crippen molar-refractivity contribution in [2.24, 2.45) is 0 Å². The van der Waals surface area contributed by atoms with Crippen LogP contribution in [0.15, 0.2) is 18.2 Å². The summed E-state index contributed by atoms with van der Waals surface area (Å²) in [7, 11) is 0. The molecule has 0 unspecified atom stereocenters. The summed E-state index contributed by atoms with van der Waals surface area (Å²) in [5, 5.41) is 12.1. The highest BCUT2D eigenvalue weighted by atomic mass is 35.5. The van der Waals surface area contributed by atoms with Gasteiger partial charge < -0.3 is 0 Å². The Morgan fingerprint density at radius 3 is 2.88 bits per heavy atom. The summed E-state index contributed by atoms with van der Waals surface area (Å²) in [6.45, 7) is 0. The van der Waals surface area contributed by atoms with E-state index in [0.29, 0.717) is 14.9 Å². The average molecular weight is 271 g/mol. The van der Waals surface area contributed by atoms with Crippen LogP contribution in [0.2, 0.25) is 10.0 Å². The van der Waals surface area contributed by atoms with Crippen LogP contribution < -0.4 is 5.32 Å². The largest absolute Gasteiger partial charge is 0.275 e. The first-order valence-corrected chi connectivity index (χ1v) is 5.77. The van der Waals surface area contributed by atoms with E-state index in [4.69, 9.17) is 28.5 Å². The Morgan fingerprint density at radius 2 is 2.19 bits per heavy atom. The zero-order valence-corrected chi connectivity index (χ0v) is 10.1. The lowest BCUT2D eigenvalue weighted by Crippen LogP contribution is -2.15. The van der Waals surface area contributed by atoms with Gasteiger partial charge in [-0.1, -0.05) is 29.3 Å². The first-order valence-electron chi connectivity index (χ1n) is 4.20. The Balaban J connectivity index is 2.61. The van der Waals surface area contributed by atoms with E-state index >= 15 is 0 Å². The van der Waals surface area contributed by atoms with E-state index in [-0.39, 0.29) is 0 Å². The van der Waals surface area contributed by atoms with Gasteiger partial charge in [-0.25, -0.2) is 0 Å². The van der Waals surface area contributed by atoms with E-state index in [2.05, 4.69) is 0 Å². The molecule has 1 aromatic heterocycles. The van der Waals surface area contributed by atoms with Gasteiger partial charge in [0.15, 0.2) is 6.19 Å². The number of hydrogen-bond acceptors (Lipinski definition) is 3. The Labute approximate surface area is 105 Å². The zero-order chi connectivity index (χ0) is 11.7. The Hall–Kier alpha value is -1.28. The van der Waals surface area contributed by atoms with E-state index in [1.54, 1.807) is 24.4 Å². The summed E-state index contributed by atoms with van der Waals surface area (Å²) in [6.07, 6.45) is 1.57. The third-order valence-corrected chi connectivity index (χ3v) is 3.86. The van der Waals surface area contributed by atoms with E-state index < -0.39 is 5.91 Å². The molecule has 1 aromatic carbocycles. The highest BCUT2D eigenvalue weighted by Crippen LogP contribution is 2.36. The third kappa shape index (κ3) is 1.85. The van der Waals surface area contributed by atoms with Crippen molar-refractivity contribution in [1.29, 1.82) is 5.26 Å². The molecule has 2 aromatic rings. The predicted octanol–water partition coefficient (Wildman–Crippen LogP) is 3.42. The topological polar surface area (TPSA) is 52.9 Å². The summed E-state index contributed by atoms with van der Waals surface area (Å²) in [6, 6.07) is 5.19. The van der Waals surface area contributed by atoms with Gasteiger partial charge in [-0.3, -0.25) is 10.1 Å². The van der Waals surface area contributed by atoms with Crippen LogP contribution >= 0.6 is 34.5 Å². The molecule has 0 atom stereocenters. The van der Waals surface area contributed by atoms with Crippen LogP contribution in [0.25, 0.3) is 10.1 Å². The Morgan fingerprint density at radius 1 is 1.44 bits per heavy atom. The van der Waals surface area contributed by atoms with Gasteiger partial charge in [-0.05, 0) is 12.1 Å². The molecule has 80 valence electrons. The quantitative estimate of drug-likeness (QED) is 0.638. The lowest BCUT2D eigenvalue weighted by molar-refractivity contribution is 0.0977. The summed E-state index contributed by atoms with van der Waals surface area (Å²) in [5.74, 6) is -0.496. The number of rotatable bonds is 1. The van der Waals surface area contributed by atoms with Crippen LogP contribution in [-0.4, -0.2) is 5.91 Å². The van der Waals surface area contributed by atoms with Crippen molar-refractivity contribution in [3.05, 3.63) is 33.1 Å². The fourth-order valence-corrected chi connectivity index (χ4v) is 2.98. The van der Waals surface area contributed by atoms with Gasteiger partial charge in [0, 0.05) is 15.1 Å². The minimum Gasteiger partial charge on any atom is -0.267 e. The molecule has 0 bridgehead atoms. The van der Waals surface area contributed by atoms with Crippen LogP contribution in [-0.2, 0) is 0 Å². The van der Waals surface area contributed by atoms with E-state index in [1.165, 1.54) is 11.3 Å². The van der Waals surface area contributed by atoms with Crippen LogP contribution in [0.4, 0.5) is 0 Å². The van der Waals surface area contributed by atoms with Gasteiger partial charge in [0.05, 0.1) is 5.02 Å². The van der Waals surface area contributed by atoms with Gasteiger partial charge in [0.2, 0.25) is 0 Å². The first-order chi connectivity index (χ1) is 7.63. The molecular formula is C10H4Cl2N2OS. The smallest absolute Gasteiger partial charge is 0.267 e. The van der Waals surface area contributed by atoms with Crippen molar-refractivity contribution in [2.75, 3.05) is 0 Å². The molecule has 3 nitrogen and oxygen atoms in total. The number of nitrogens with zero attached hydrogens (tertiary/aromatic N) is 1. The van der Waals surface area contributed by atoms with Crippen LogP contribution in [0, 0.1) is 11.5 Å². The molecule has 0 saturated carbocycles. The molecule has 0 aliphatic heterocycles. The highest BCUT2D eigenvalue weighted by Gasteiger charge is 2.16. The molecule has 1 amide bonds. The maximum Gasteiger partial charge on any atom is 0.275 e. The molecule has 2 rings (SSSR count). The molecule has 6 heteroatoms. The average Bonchev–Trinajstić information content (AvgIpc) is 2.56. The lowest BCUT2D eigenvalue weighted by Gasteiger charge is -1.92. The maximum atomic E-state index is 11.5. The number of fused-ring (bicyclic) bond motifs is 1. The second-order valence-electron chi connectivity index (χ2n) is 2.95. The number of nitrogens with one attached hydrogen (secondary N) is 1. The second kappa shape index (κ2) is 4.30. The normalized spacial score (nSPS) is 10.1. The number of thiophene rings is 1. The van der Waals surface area contributed by atoms with Crippen LogP contribution in [0.3, 0.4) is 0 Å². The van der Waals surface area contributed by atoms with Crippen LogP contribution in [0.5, 0.6) is 0 Å². The van der Waals surface area contributed by atoms with Gasteiger partial charge in [-0.2, -0.15) is 5.26 Å². The number of halogens is 2. The number of amides is 1. The number of benzene rings is 1. The summed E-state index contributed by atoms with van der Waals surface area (Å²) in [5.41, 5.74) is 0. The van der Waals surface area contributed by atoms with Gasteiger partial charge in [-0.15, -0.1) is 11.3 Å². The molecule has 0 spiro atoms. The summed E-state index contributed by atoms with van der Waals surface area (Å²) in [4.78, 5) is 11.8. The SMILES string of the molecule is N#CNC(=O)c1sc2cc(Cl)ccc2c1Cl. The Bertz CT molecular complexity index is 615. The molecule has 0 saturated heterocycles. The van der Waals surface area contributed by atoms with E-state index in [1.807, 2.05) is 5.32 Å². The minimum atomic E-state index is -0.496. The van der Waals surface area contributed by atoms with Crippen molar-refractivity contribution in [2.45, 2.75) is 0 Å². The predicted molar refractivity (Wildman–Crippen MR) is 64.9 cm³/mol. The molecule has 1 N–H and O–H groups in total. The van der Waals surface area contributed by atoms with Gasteiger partial charge in [0.25, 0.3) is 5.91 Å². The molecule has 0 aliphatic carbocycles. The standard InChI is InChI=1S/C10H4Cl2N2OS/c11-5-1-2-6-7(3-5)16-9(8(6)12)10(15)14-4-13/h1-3H,(H,14,15). The second-order valence-corrected chi connectivity index (χ2v) is 4.82. The minimum absolute atomic E-state index is 0.320. The number of carbonyl (C=O) groups excluding carboxylic acids is 1. The monoisotopic (exact) mass is 270 g/mol. The Kier molecular flexibility index (Phi) is 3.01. The number of hydrogen-bond donors (Lipinski definition) is 1. The van der Waals surface area contributed by atoms with E-state index in [0.717, 1.165) is 10.1 Å². The van der Waals surface area contributed by atoms with Crippen molar-refractivity contribution < 1.29 is 4.79 Å². The molecule has 16 heavy (non-hydrogen) atoms. The van der Waals surface area contributed by atoms with Crippen molar-refractivity contribution in [3.8, 4) is 6.19 Å². The first kappa shape index (κ1) is 11.2. The van der Waals surface area contributed by atoms with Crippen molar-refractivity contribution in [1.82, 2.24) is 5.32 Å². The van der Waals surface area contributed by atoms with Gasteiger partial charge >= 0.3 is 0 Å². The number of nitriles is 1. The van der Waals surface area contributed by atoms with Crippen molar-refractivity contribution >= 4 is 50.5 Å². The molecule has 1 heterocycles. The fourth-order valence-electron chi connectivity index (χ4n) is 1.29. The van der Waals surface area contributed by atoms with Crippen molar-refractivity contribution in [3.63, 3.8) is 0 Å². The summed E-state index contributed by atoms with van der Waals surface area (Å²) < 4.78 is 0.820. The lowest BCUT2D eigenvalue weighted by atomic mass is 10.2. The van der Waals surface area contributed by atoms with E-state index in [9.17, 15) is 4.79 Å². The third-order valence-electron chi connectivity index (χ3n) is 1.97. The van der Waals surface area contributed by atoms with Gasteiger partial charge in [0.1, 0.15) is 4.88 Å². The molecule has 0 radical (unpaired) electrons. The molecule has 0 aliphatic rings. The zero-order valence-electron chi connectivity index (χ0n) is 7.75. The maximum absolute atomic E-state index is 11.5. The number of carbonyl (C=O) groups is 1. The molecular weight excluding hydrogens is 267 g/mol. The molecule has 0 fully saturated rings. The van der Waals surface area contributed by atoms with Crippen LogP contribution in [0.1, 0.15) is 9.67 Å².